The summed E-state index contributed by atoms with van der Waals surface area (Å²) in [5.41, 5.74) is 1.12. The van der Waals surface area contributed by atoms with Crippen LogP contribution in [0.3, 0.4) is 0 Å². The third kappa shape index (κ3) is 5.67. The maximum absolute atomic E-state index is 13.6. The number of amides is 1. The Morgan fingerprint density at radius 2 is 1.67 bits per heavy atom. The van der Waals surface area contributed by atoms with Gasteiger partial charge >= 0.3 is 0 Å². The van der Waals surface area contributed by atoms with Crippen LogP contribution in [0.4, 0.5) is 5.69 Å². The van der Waals surface area contributed by atoms with Crippen LogP contribution in [-0.2, 0) is 25.0 Å². The highest BCUT2D eigenvalue weighted by molar-refractivity contribution is 7.92. The van der Waals surface area contributed by atoms with Crippen LogP contribution in [0.1, 0.15) is 18.4 Å². The van der Waals surface area contributed by atoms with E-state index in [0.717, 1.165) is 22.7 Å². The molecule has 1 amide bonds. The summed E-state index contributed by atoms with van der Waals surface area (Å²) in [5.74, 6) is -0.00510. The zero-order valence-corrected chi connectivity index (χ0v) is 21.6. The maximum Gasteiger partial charge on any atom is 0.264 e. The van der Waals surface area contributed by atoms with Crippen molar-refractivity contribution in [1.29, 1.82) is 0 Å². The normalized spacial score (nSPS) is 15.2. The maximum atomic E-state index is 13.6. The van der Waals surface area contributed by atoms with Crippen molar-refractivity contribution >= 4 is 33.2 Å². The summed E-state index contributed by atoms with van der Waals surface area (Å²) in [7, 11) is -2.57. The molecule has 1 aliphatic rings. The molecular formula is C27H29ClN2O5S. The van der Waals surface area contributed by atoms with Gasteiger partial charge in [-0.3, -0.25) is 9.10 Å². The topological polar surface area (TPSA) is 84.9 Å². The number of carbonyl (C=O) groups excluding carboxylic acids is 1. The van der Waals surface area contributed by atoms with E-state index in [1.807, 2.05) is 18.2 Å². The number of anilines is 1. The molecule has 0 atom stereocenters. The molecule has 36 heavy (non-hydrogen) atoms. The predicted molar refractivity (Wildman–Crippen MR) is 140 cm³/mol. The molecule has 0 bridgehead atoms. The second-order valence-electron chi connectivity index (χ2n) is 8.68. The molecule has 0 unspecified atom stereocenters. The van der Waals surface area contributed by atoms with Crippen molar-refractivity contribution in [3.63, 3.8) is 0 Å². The van der Waals surface area contributed by atoms with Crippen molar-refractivity contribution in [3.8, 4) is 5.75 Å². The SMILES string of the molecule is COc1ccc(N(CC(=O)NCC2(c3ccccc3)CCOCC2)S(=O)(=O)c2ccccc2)cc1Cl. The van der Waals surface area contributed by atoms with E-state index >= 15 is 0 Å². The molecule has 0 radical (unpaired) electrons. The number of ether oxygens (including phenoxy) is 2. The van der Waals surface area contributed by atoms with E-state index in [4.69, 9.17) is 21.1 Å². The van der Waals surface area contributed by atoms with Gasteiger partial charge in [-0.15, -0.1) is 0 Å². The number of nitrogens with one attached hydrogen (secondary N) is 1. The minimum atomic E-state index is -4.04. The van der Waals surface area contributed by atoms with Crippen LogP contribution in [0.2, 0.25) is 5.02 Å². The molecule has 3 aromatic carbocycles. The van der Waals surface area contributed by atoms with Crippen molar-refractivity contribution in [3.05, 3.63) is 89.4 Å². The molecule has 1 aliphatic heterocycles. The summed E-state index contributed by atoms with van der Waals surface area (Å²) in [6, 6.07) is 22.7. The van der Waals surface area contributed by atoms with E-state index in [0.29, 0.717) is 25.5 Å². The lowest BCUT2D eigenvalue weighted by molar-refractivity contribution is -0.120. The first-order valence-electron chi connectivity index (χ1n) is 11.7. The van der Waals surface area contributed by atoms with Gasteiger partial charge in [-0.1, -0.05) is 60.1 Å². The Bertz CT molecular complexity index is 1280. The average Bonchev–Trinajstić information content (AvgIpc) is 2.92. The minimum Gasteiger partial charge on any atom is -0.495 e. The van der Waals surface area contributed by atoms with Crippen LogP contribution < -0.4 is 14.4 Å². The quantitative estimate of drug-likeness (QED) is 0.445. The van der Waals surface area contributed by atoms with Gasteiger partial charge in [-0.25, -0.2) is 8.42 Å². The highest BCUT2D eigenvalue weighted by Gasteiger charge is 2.35. The van der Waals surface area contributed by atoms with Gasteiger partial charge in [0.25, 0.3) is 10.0 Å². The molecule has 190 valence electrons. The molecule has 0 spiro atoms. The molecule has 9 heteroatoms. The van der Waals surface area contributed by atoms with E-state index in [1.165, 1.54) is 25.3 Å². The van der Waals surface area contributed by atoms with Gasteiger partial charge in [0.2, 0.25) is 5.91 Å². The predicted octanol–water partition coefficient (Wildman–Crippen LogP) is 4.41. The summed E-state index contributed by atoms with van der Waals surface area (Å²) in [4.78, 5) is 13.3. The van der Waals surface area contributed by atoms with Crippen LogP contribution in [0.25, 0.3) is 0 Å². The fourth-order valence-electron chi connectivity index (χ4n) is 4.42. The van der Waals surface area contributed by atoms with Crippen molar-refractivity contribution in [1.82, 2.24) is 5.32 Å². The molecular weight excluding hydrogens is 500 g/mol. The Labute approximate surface area is 217 Å². The molecule has 1 fully saturated rings. The molecule has 3 aromatic rings. The van der Waals surface area contributed by atoms with Gasteiger partial charge in [0.1, 0.15) is 12.3 Å². The Hall–Kier alpha value is -3.07. The van der Waals surface area contributed by atoms with Crippen molar-refractivity contribution in [2.75, 3.05) is 37.7 Å². The summed E-state index contributed by atoms with van der Waals surface area (Å²) in [6.45, 7) is 1.18. The van der Waals surface area contributed by atoms with Crippen LogP contribution >= 0.6 is 11.6 Å². The van der Waals surface area contributed by atoms with E-state index in [2.05, 4.69) is 17.4 Å². The first-order chi connectivity index (χ1) is 17.4. The summed E-state index contributed by atoms with van der Waals surface area (Å²) >= 11 is 6.30. The number of hydrogen-bond acceptors (Lipinski definition) is 5. The lowest BCUT2D eigenvalue weighted by Crippen LogP contribution is -2.48. The van der Waals surface area contributed by atoms with Crippen LogP contribution in [0, 0.1) is 0 Å². The number of benzene rings is 3. The number of rotatable bonds is 9. The van der Waals surface area contributed by atoms with Crippen LogP contribution in [0.15, 0.2) is 83.8 Å². The van der Waals surface area contributed by atoms with Crippen molar-refractivity contribution in [2.45, 2.75) is 23.2 Å². The standard InChI is InChI=1S/C27H29ClN2O5S/c1-34-25-13-12-22(18-24(25)28)30(36(32,33)23-10-6-3-7-11-23)19-26(31)29-20-27(14-16-35-17-15-27)21-8-4-2-5-9-21/h2-13,18H,14-17,19-20H2,1H3,(H,29,31). The van der Waals surface area contributed by atoms with E-state index in [9.17, 15) is 13.2 Å². The molecule has 1 heterocycles. The zero-order valence-electron chi connectivity index (χ0n) is 20.0. The fraction of sp³-hybridized carbons (Fsp3) is 0.296. The second-order valence-corrected chi connectivity index (χ2v) is 10.9. The summed E-state index contributed by atoms with van der Waals surface area (Å²) in [6.07, 6.45) is 1.52. The molecule has 7 nitrogen and oxygen atoms in total. The Kier molecular flexibility index (Phi) is 8.18. The van der Waals surface area contributed by atoms with Gasteiger partial charge in [-0.2, -0.15) is 0 Å². The van der Waals surface area contributed by atoms with E-state index in [-0.39, 0.29) is 21.0 Å². The largest absolute Gasteiger partial charge is 0.495 e. The van der Waals surface area contributed by atoms with Crippen molar-refractivity contribution < 1.29 is 22.7 Å². The number of carbonyl (C=O) groups is 1. The van der Waals surface area contributed by atoms with Crippen LogP contribution in [0.5, 0.6) is 5.75 Å². The monoisotopic (exact) mass is 528 g/mol. The second kappa shape index (κ2) is 11.3. The molecule has 4 rings (SSSR count). The number of methoxy groups -OCH3 is 1. The third-order valence-corrected chi connectivity index (χ3v) is 8.59. The lowest BCUT2D eigenvalue weighted by atomic mass is 9.74. The van der Waals surface area contributed by atoms with E-state index < -0.39 is 22.5 Å². The Morgan fingerprint density at radius 3 is 2.28 bits per heavy atom. The molecule has 1 saturated heterocycles. The Balaban J connectivity index is 1.60. The van der Waals surface area contributed by atoms with Crippen LogP contribution in [-0.4, -0.2) is 47.7 Å². The average molecular weight is 529 g/mol. The number of halogens is 1. The van der Waals surface area contributed by atoms with E-state index in [1.54, 1.807) is 30.3 Å². The minimum absolute atomic E-state index is 0.0786. The number of hydrogen-bond donors (Lipinski definition) is 1. The number of nitrogens with zero attached hydrogens (tertiary/aromatic N) is 1. The molecule has 1 N–H and O–H groups in total. The third-order valence-electron chi connectivity index (χ3n) is 6.50. The lowest BCUT2D eigenvalue weighted by Gasteiger charge is -2.38. The smallest absolute Gasteiger partial charge is 0.264 e. The first-order valence-corrected chi connectivity index (χ1v) is 13.5. The van der Waals surface area contributed by atoms with Gasteiger partial charge < -0.3 is 14.8 Å². The Morgan fingerprint density at radius 1 is 1.03 bits per heavy atom. The van der Waals surface area contributed by atoms with Gasteiger partial charge in [0.15, 0.2) is 0 Å². The molecule has 0 saturated carbocycles. The highest BCUT2D eigenvalue weighted by Crippen LogP contribution is 2.35. The molecule has 0 aliphatic carbocycles. The highest BCUT2D eigenvalue weighted by atomic mass is 35.5. The summed E-state index contributed by atoms with van der Waals surface area (Å²) < 4.78 is 39.0. The zero-order chi connectivity index (χ0) is 25.6. The van der Waals surface area contributed by atoms with Gasteiger partial charge in [0.05, 0.1) is 22.7 Å². The van der Waals surface area contributed by atoms with Crippen molar-refractivity contribution in [2.24, 2.45) is 0 Å². The first kappa shape index (κ1) is 26.0. The molecule has 0 aromatic heterocycles. The fourth-order valence-corrected chi connectivity index (χ4v) is 6.11. The van der Waals surface area contributed by atoms with Gasteiger partial charge in [-0.05, 0) is 48.7 Å². The summed E-state index contributed by atoms with van der Waals surface area (Å²) in [5, 5.41) is 3.24. The number of sulfonamides is 1. The van der Waals surface area contributed by atoms with Gasteiger partial charge in [0, 0.05) is 25.2 Å².